The zero-order chi connectivity index (χ0) is 12.6. The van der Waals surface area contributed by atoms with E-state index in [1.54, 1.807) is 20.8 Å². The van der Waals surface area contributed by atoms with Gasteiger partial charge in [-0.15, -0.1) is 0 Å². The summed E-state index contributed by atoms with van der Waals surface area (Å²) in [6, 6.07) is 0. The molecule has 0 radical (unpaired) electrons. The van der Waals surface area contributed by atoms with Gasteiger partial charge in [0.05, 0.1) is 0 Å². The van der Waals surface area contributed by atoms with Crippen LogP contribution >= 0.6 is 0 Å². The minimum Gasteiger partial charge on any atom is -0.235 e. The molecule has 0 aromatic carbocycles. The first-order valence-corrected chi connectivity index (χ1v) is 4.56. The van der Waals surface area contributed by atoms with Crippen LogP contribution in [-0.2, 0) is 14.4 Å². The average Bonchev–Trinajstić information content (AvgIpc) is 2.19. The monoisotopic (exact) mass is 224 g/mol. The molecule has 0 aliphatic heterocycles. The third-order valence-electron chi connectivity index (χ3n) is 2.01. The van der Waals surface area contributed by atoms with Gasteiger partial charge >= 0.3 is 0 Å². The van der Waals surface area contributed by atoms with Crippen molar-refractivity contribution in [3.8, 4) is 0 Å². The predicted octanol–water partition coefficient (Wildman–Crippen LogP) is 0.334. The first-order chi connectivity index (χ1) is 7.58. The maximum atomic E-state index is 10.1. The molecular formula is C9H12N4O3. The van der Waals surface area contributed by atoms with Crippen molar-refractivity contribution in [3.05, 3.63) is 0 Å². The van der Waals surface area contributed by atoms with Crippen molar-refractivity contribution in [1.29, 1.82) is 0 Å². The van der Waals surface area contributed by atoms with E-state index in [1.807, 2.05) is 0 Å². The lowest BCUT2D eigenvalue weighted by Crippen LogP contribution is -2.43. The maximum Gasteiger partial charge on any atom is 0.236 e. The van der Waals surface area contributed by atoms with Crippen molar-refractivity contribution in [2.75, 3.05) is 0 Å². The normalized spacial score (nSPS) is 15.0. The van der Waals surface area contributed by atoms with Crippen LogP contribution in [0.25, 0.3) is 0 Å². The van der Waals surface area contributed by atoms with Crippen molar-refractivity contribution in [1.82, 2.24) is 4.90 Å². The van der Waals surface area contributed by atoms with Gasteiger partial charge in [0.2, 0.25) is 18.2 Å². The first kappa shape index (κ1) is 14.1. The fraction of sp³-hybridized carbons (Fsp3) is 0.667. The minimum atomic E-state index is -0.600. The van der Waals surface area contributed by atoms with Crippen LogP contribution in [0.15, 0.2) is 15.0 Å². The lowest BCUT2D eigenvalue weighted by molar-refractivity contribution is 0.117. The highest BCUT2D eigenvalue weighted by Crippen LogP contribution is 2.13. The van der Waals surface area contributed by atoms with Crippen LogP contribution < -0.4 is 0 Å². The Kier molecular flexibility index (Phi) is 6.52. The zero-order valence-corrected chi connectivity index (χ0v) is 9.25. The van der Waals surface area contributed by atoms with E-state index in [4.69, 9.17) is 0 Å². The second-order valence-corrected chi connectivity index (χ2v) is 3.00. The Balaban J connectivity index is 5.08. The molecule has 7 nitrogen and oxygen atoms in total. The van der Waals surface area contributed by atoms with Gasteiger partial charge in [-0.25, -0.2) is 19.3 Å². The highest BCUT2D eigenvalue weighted by Gasteiger charge is 2.24. The Bertz CT molecular complexity index is 308. The van der Waals surface area contributed by atoms with E-state index in [0.717, 1.165) is 0 Å². The number of nitrogens with zero attached hydrogens (tertiary/aromatic N) is 4. The van der Waals surface area contributed by atoms with Crippen LogP contribution in [-0.4, -0.2) is 41.6 Å². The van der Waals surface area contributed by atoms with Crippen LogP contribution in [0, 0.1) is 0 Å². The van der Waals surface area contributed by atoms with Gasteiger partial charge in [-0.3, -0.25) is 0 Å². The largest absolute Gasteiger partial charge is 0.236 e. The summed E-state index contributed by atoms with van der Waals surface area (Å²) in [7, 11) is 0. The molecule has 7 heteroatoms. The molecule has 0 spiro atoms. The van der Waals surface area contributed by atoms with Crippen molar-refractivity contribution in [2.24, 2.45) is 15.0 Å². The molecule has 0 aromatic rings. The molecule has 0 aliphatic rings. The minimum absolute atomic E-state index is 0.600. The molecule has 86 valence electrons. The molecule has 0 bridgehead atoms. The van der Waals surface area contributed by atoms with Crippen molar-refractivity contribution in [3.63, 3.8) is 0 Å². The SMILES string of the molecule is CC(N=C=O)N(C(C)N=C=O)C(C)N=C=O. The van der Waals surface area contributed by atoms with Gasteiger partial charge in [-0.1, -0.05) is 0 Å². The average molecular weight is 224 g/mol. The molecule has 3 unspecified atom stereocenters. The molecule has 0 rings (SSSR count). The van der Waals surface area contributed by atoms with E-state index in [-0.39, 0.29) is 0 Å². The second-order valence-electron chi connectivity index (χ2n) is 3.00. The fourth-order valence-electron chi connectivity index (χ4n) is 1.37. The molecule has 0 fully saturated rings. The highest BCUT2D eigenvalue weighted by molar-refractivity contribution is 5.35. The number of rotatable bonds is 6. The van der Waals surface area contributed by atoms with Crippen LogP contribution in [0.5, 0.6) is 0 Å². The van der Waals surface area contributed by atoms with Gasteiger partial charge < -0.3 is 0 Å². The molecule has 3 atom stereocenters. The van der Waals surface area contributed by atoms with Crippen molar-refractivity contribution in [2.45, 2.75) is 39.3 Å². The summed E-state index contributed by atoms with van der Waals surface area (Å²) in [5.41, 5.74) is 0. The first-order valence-electron chi connectivity index (χ1n) is 4.56. The molecule has 0 amide bonds. The number of hydrogen-bond donors (Lipinski definition) is 0. The van der Waals surface area contributed by atoms with Gasteiger partial charge in [0, 0.05) is 0 Å². The van der Waals surface area contributed by atoms with Gasteiger partial charge in [0.25, 0.3) is 0 Å². The van der Waals surface area contributed by atoms with E-state index in [9.17, 15) is 14.4 Å². The summed E-state index contributed by atoms with van der Waals surface area (Å²) in [5, 5.41) is 0. The third kappa shape index (κ3) is 4.09. The Morgan fingerprint density at radius 1 is 0.750 bits per heavy atom. The van der Waals surface area contributed by atoms with Crippen molar-refractivity contribution < 1.29 is 14.4 Å². The summed E-state index contributed by atoms with van der Waals surface area (Å²) in [6.45, 7) is 4.79. The number of carbonyl (C=O) groups excluding carboxylic acids is 3. The van der Waals surface area contributed by atoms with Gasteiger partial charge in [0.1, 0.15) is 18.5 Å². The van der Waals surface area contributed by atoms with Crippen LogP contribution in [0.1, 0.15) is 20.8 Å². The van der Waals surface area contributed by atoms with Crippen LogP contribution in [0.4, 0.5) is 0 Å². The Hall–Kier alpha value is -1.90. The lowest BCUT2D eigenvalue weighted by Gasteiger charge is -2.30. The molecule has 0 aromatic heterocycles. The topological polar surface area (TPSA) is 91.5 Å². The Labute approximate surface area is 92.6 Å². The molecule has 0 saturated heterocycles. The standard InChI is InChI=1S/C9H12N4O3/c1-7(10-4-14)13(8(2)11-5-15)9(3)12-6-16/h7-9H,1-3H3. The van der Waals surface area contributed by atoms with E-state index in [0.29, 0.717) is 0 Å². The molecule has 0 aliphatic carbocycles. The van der Waals surface area contributed by atoms with Gasteiger partial charge in [-0.05, 0) is 20.8 Å². The Morgan fingerprint density at radius 2 is 1.00 bits per heavy atom. The van der Waals surface area contributed by atoms with E-state index in [1.165, 1.54) is 23.1 Å². The molecule has 0 saturated carbocycles. The fourth-order valence-corrected chi connectivity index (χ4v) is 1.37. The molecule has 0 N–H and O–H groups in total. The highest BCUT2D eigenvalue weighted by atomic mass is 16.1. The quantitative estimate of drug-likeness (QED) is 0.480. The third-order valence-corrected chi connectivity index (χ3v) is 2.01. The van der Waals surface area contributed by atoms with E-state index >= 15 is 0 Å². The number of isocyanates is 3. The van der Waals surface area contributed by atoms with Crippen LogP contribution in [0.3, 0.4) is 0 Å². The zero-order valence-electron chi connectivity index (χ0n) is 9.25. The molecule has 0 heterocycles. The maximum absolute atomic E-state index is 10.1. The predicted molar refractivity (Wildman–Crippen MR) is 54.6 cm³/mol. The second kappa shape index (κ2) is 7.40. The summed E-state index contributed by atoms with van der Waals surface area (Å²) in [6.07, 6.45) is 2.38. The summed E-state index contributed by atoms with van der Waals surface area (Å²) in [4.78, 5) is 42.3. The number of aliphatic imine (C=N–C) groups is 3. The Morgan fingerprint density at radius 3 is 1.19 bits per heavy atom. The van der Waals surface area contributed by atoms with E-state index in [2.05, 4.69) is 15.0 Å². The van der Waals surface area contributed by atoms with E-state index < -0.39 is 18.5 Å². The summed E-state index contributed by atoms with van der Waals surface area (Å²) >= 11 is 0. The summed E-state index contributed by atoms with van der Waals surface area (Å²) < 4.78 is 0. The van der Waals surface area contributed by atoms with Crippen LogP contribution in [0.2, 0.25) is 0 Å². The molecular weight excluding hydrogens is 212 g/mol. The van der Waals surface area contributed by atoms with Crippen molar-refractivity contribution >= 4 is 18.2 Å². The van der Waals surface area contributed by atoms with Gasteiger partial charge in [0.15, 0.2) is 0 Å². The lowest BCUT2D eigenvalue weighted by atomic mass is 10.3. The molecule has 16 heavy (non-hydrogen) atoms. The summed E-state index contributed by atoms with van der Waals surface area (Å²) in [5.74, 6) is 0. The van der Waals surface area contributed by atoms with Gasteiger partial charge in [-0.2, -0.15) is 15.0 Å². The number of hydrogen-bond acceptors (Lipinski definition) is 7. The smallest absolute Gasteiger partial charge is 0.235 e.